The topological polar surface area (TPSA) is 61.4 Å². The average Bonchev–Trinajstić information content (AvgIpc) is 3.90. The van der Waals surface area contributed by atoms with Crippen LogP contribution in [0.4, 0.5) is 0 Å². The van der Waals surface area contributed by atoms with Crippen molar-refractivity contribution in [3.8, 4) is 56.8 Å². The van der Waals surface area contributed by atoms with Crippen LogP contribution in [0.5, 0.6) is 0 Å². The molecule has 13 rings (SSSR count). The molecule has 6 nitrogen and oxygen atoms in total. The summed E-state index contributed by atoms with van der Waals surface area (Å²) in [5, 5.41) is 8.07. The third-order valence-electron chi connectivity index (χ3n) is 12.5. The Morgan fingerprint density at radius 2 is 0.844 bits per heavy atom. The molecular formula is C58H36N6. The summed E-state index contributed by atoms with van der Waals surface area (Å²) in [6, 6.07) is 76.6. The average molecular weight is 817 g/mol. The number of hydrogen-bond donors (Lipinski definition) is 0. The van der Waals surface area contributed by atoms with E-state index < -0.39 is 0 Å². The lowest BCUT2D eigenvalue weighted by Crippen LogP contribution is -2.02. The predicted molar refractivity (Wildman–Crippen MR) is 263 cm³/mol. The van der Waals surface area contributed by atoms with Gasteiger partial charge in [0.1, 0.15) is 0 Å². The molecule has 0 N–H and O–H groups in total. The zero-order valence-electron chi connectivity index (χ0n) is 34.5. The number of pyridine rings is 1. The number of nitrogens with zero attached hydrogens (tertiary/aromatic N) is 6. The van der Waals surface area contributed by atoms with Crippen LogP contribution < -0.4 is 0 Å². The first-order valence-electron chi connectivity index (χ1n) is 21.6. The fourth-order valence-electron chi connectivity index (χ4n) is 9.77. The first kappa shape index (κ1) is 36.0. The Hall–Kier alpha value is -8.74. The molecule has 4 heterocycles. The van der Waals surface area contributed by atoms with Crippen LogP contribution in [0.15, 0.2) is 218 Å². The molecule has 0 aliphatic rings. The van der Waals surface area contributed by atoms with Crippen molar-refractivity contribution >= 4 is 65.3 Å². The number of fused-ring (bicyclic) bond motifs is 10. The summed E-state index contributed by atoms with van der Waals surface area (Å²) in [5.74, 6) is 1.80. The Balaban J connectivity index is 1.10. The molecule has 0 saturated heterocycles. The molecule has 9 aromatic carbocycles. The van der Waals surface area contributed by atoms with Crippen LogP contribution in [-0.2, 0) is 0 Å². The van der Waals surface area contributed by atoms with Crippen LogP contribution in [0.25, 0.3) is 122 Å². The van der Waals surface area contributed by atoms with Crippen LogP contribution in [0.2, 0.25) is 0 Å². The second-order valence-corrected chi connectivity index (χ2v) is 16.2. The van der Waals surface area contributed by atoms with Crippen LogP contribution >= 0.6 is 0 Å². The predicted octanol–water partition coefficient (Wildman–Crippen LogP) is 14.4. The summed E-state index contributed by atoms with van der Waals surface area (Å²) < 4.78 is 4.71. The largest absolute Gasteiger partial charge is 0.309 e. The van der Waals surface area contributed by atoms with Crippen molar-refractivity contribution in [3.05, 3.63) is 218 Å². The van der Waals surface area contributed by atoms with Gasteiger partial charge in [-0.1, -0.05) is 164 Å². The third kappa shape index (κ3) is 5.59. The van der Waals surface area contributed by atoms with E-state index in [-0.39, 0.29) is 0 Å². The van der Waals surface area contributed by atoms with Gasteiger partial charge >= 0.3 is 0 Å². The van der Waals surface area contributed by atoms with Crippen molar-refractivity contribution in [1.82, 2.24) is 29.1 Å². The van der Waals surface area contributed by atoms with E-state index in [1.165, 1.54) is 16.2 Å². The summed E-state index contributed by atoms with van der Waals surface area (Å²) >= 11 is 0. The van der Waals surface area contributed by atoms with Gasteiger partial charge in [0.15, 0.2) is 17.5 Å². The Morgan fingerprint density at radius 3 is 1.58 bits per heavy atom. The van der Waals surface area contributed by atoms with Crippen LogP contribution in [-0.4, -0.2) is 29.1 Å². The van der Waals surface area contributed by atoms with Crippen LogP contribution in [0.3, 0.4) is 0 Å². The van der Waals surface area contributed by atoms with Crippen molar-refractivity contribution in [2.24, 2.45) is 0 Å². The molecule has 0 aliphatic heterocycles. The van der Waals surface area contributed by atoms with Gasteiger partial charge in [-0.2, -0.15) is 0 Å². The highest BCUT2D eigenvalue weighted by Crippen LogP contribution is 2.45. The fourth-order valence-corrected chi connectivity index (χ4v) is 9.77. The normalized spacial score (nSPS) is 11.8. The smallest absolute Gasteiger partial charge is 0.166 e. The van der Waals surface area contributed by atoms with E-state index in [0.29, 0.717) is 17.5 Å². The molecule has 0 unspecified atom stereocenters. The molecule has 0 bridgehead atoms. The first-order valence-corrected chi connectivity index (χ1v) is 21.6. The monoisotopic (exact) mass is 816 g/mol. The molecule has 4 aromatic heterocycles. The lowest BCUT2D eigenvalue weighted by molar-refractivity contribution is 1.07. The van der Waals surface area contributed by atoms with Crippen molar-refractivity contribution < 1.29 is 0 Å². The second-order valence-electron chi connectivity index (χ2n) is 16.2. The summed E-state index contributed by atoms with van der Waals surface area (Å²) in [4.78, 5) is 21.2. The first-order chi connectivity index (χ1) is 31.8. The van der Waals surface area contributed by atoms with Crippen molar-refractivity contribution in [1.29, 1.82) is 0 Å². The zero-order valence-corrected chi connectivity index (χ0v) is 34.5. The number of para-hydroxylation sites is 5. The Morgan fingerprint density at radius 1 is 0.297 bits per heavy atom. The van der Waals surface area contributed by atoms with Gasteiger partial charge in [-0.3, -0.25) is 0 Å². The maximum Gasteiger partial charge on any atom is 0.166 e. The molecular weight excluding hydrogens is 781 g/mol. The number of benzene rings is 9. The highest BCUT2D eigenvalue weighted by molar-refractivity contribution is 6.30. The van der Waals surface area contributed by atoms with Gasteiger partial charge in [0.05, 0.1) is 33.3 Å². The van der Waals surface area contributed by atoms with E-state index in [0.717, 1.165) is 88.5 Å². The van der Waals surface area contributed by atoms with E-state index in [4.69, 9.17) is 19.9 Å². The number of aromatic nitrogens is 6. The van der Waals surface area contributed by atoms with Crippen molar-refractivity contribution in [3.63, 3.8) is 0 Å². The maximum atomic E-state index is 5.41. The zero-order chi connectivity index (χ0) is 42.1. The van der Waals surface area contributed by atoms with Gasteiger partial charge in [-0.25, -0.2) is 19.9 Å². The van der Waals surface area contributed by atoms with E-state index in [2.05, 4.69) is 209 Å². The Bertz CT molecular complexity index is 3890. The van der Waals surface area contributed by atoms with Crippen LogP contribution in [0.1, 0.15) is 0 Å². The highest BCUT2D eigenvalue weighted by Gasteiger charge is 2.24. The molecule has 13 aromatic rings. The minimum atomic E-state index is 0.595. The lowest BCUT2D eigenvalue weighted by atomic mass is 9.96. The van der Waals surface area contributed by atoms with E-state index in [9.17, 15) is 0 Å². The van der Waals surface area contributed by atoms with Gasteiger partial charge in [-0.15, -0.1) is 0 Å². The van der Waals surface area contributed by atoms with Gasteiger partial charge in [0, 0.05) is 71.3 Å². The molecule has 0 amide bonds. The summed E-state index contributed by atoms with van der Waals surface area (Å²) in [6.07, 6.45) is 0. The number of hydrogen-bond acceptors (Lipinski definition) is 4. The van der Waals surface area contributed by atoms with E-state index >= 15 is 0 Å². The van der Waals surface area contributed by atoms with Gasteiger partial charge in [-0.05, 0) is 54.6 Å². The van der Waals surface area contributed by atoms with Gasteiger partial charge in [0.2, 0.25) is 0 Å². The summed E-state index contributed by atoms with van der Waals surface area (Å²) in [5.41, 5.74) is 12.2. The van der Waals surface area contributed by atoms with E-state index in [1.807, 2.05) is 18.2 Å². The van der Waals surface area contributed by atoms with Crippen molar-refractivity contribution in [2.45, 2.75) is 0 Å². The molecule has 0 atom stereocenters. The SMILES string of the molecule is c1ccc(-c2nc(-c3cccc(-n4c5ccccc5c5ccccc54)c3)nc(-c3cccc4c5c6c(ccc5n(-c5ccccc5)c34)c(-c3ccccc3)nc3ccccc36)n2)cc1. The standard InChI is InChI=1S/C58H36N6/c1-4-18-37(19-5-1)54-45-34-35-51-53(52(45)44-28-10-13-31-48(44)59-54)46-29-17-30-47(55(46)64(51)40-23-8-3-9-24-40)58-61-56(38-20-6-2-7-21-38)60-57(62-58)39-22-16-25-41(36-39)63-49-32-14-11-26-42(49)43-27-12-15-33-50(43)63/h1-36H. The molecule has 0 saturated carbocycles. The number of rotatable bonds is 6. The van der Waals surface area contributed by atoms with Crippen LogP contribution in [0, 0.1) is 0 Å². The summed E-state index contributed by atoms with van der Waals surface area (Å²) in [6.45, 7) is 0. The molecule has 298 valence electrons. The summed E-state index contributed by atoms with van der Waals surface area (Å²) in [7, 11) is 0. The molecule has 0 radical (unpaired) electrons. The Labute approximate surface area is 368 Å². The second kappa shape index (κ2) is 14.4. The third-order valence-corrected chi connectivity index (χ3v) is 12.5. The molecule has 0 fully saturated rings. The molecule has 64 heavy (non-hydrogen) atoms. The minimum Gasteiger partial charge on any atom is -0.309 e. The van der Waals surface area contributed by atoms with Gasteiger partial charge < -0.3 is 9.13 Å². The lowest BCUT2D eigenvalue weighted by Gasteiger charge is -2.13. The quantitative estimate of drug-likeness (QED) is 0.157. The fraction of sp³-hybridized carbons (Fsp3) is 0. The molecule has 0 spiro atoms. The van der Waals surface area contributed by atoms with E-state index in [1.54, 1.807) is 0 Å². The Kier molecular flexibility index (Phi) is 8.11. The molecule has 6 heteroatoms. The molecule has 0 aliphatic carbocycles. The minimum absolute atomic E-state index is 0.595. The van der Waals surface area contributed by atoms with Crippen molar-refractivity contribution in [2.75, 3.05) is 0 Å². The van der Waals surface area contributed by atoms with Gasteiger partial charge in [0.25, 0.3) is 0 Å². The highest BCUT2D eigenvalue weighted by atomic mass is 15.1. The maximum absolute atomic E-state index is 5.41.